The largest absolute Gasteiger partial charge is 0.491 e. The molecule has 0 aliphatic carbocycles. The highest BCUT2D eigenvalue weighted by atomic mass is 32.2. The predicted octanol–water partition coefficient (Wildman–Crippen LogP) is 3.58. The van der Waals surface area contributed by atoms with Gasteiger partial charge in [0.25, 0.3) is 0 Å². The minimum Gasteiger partial charge on any atom is -0.491 e. The molecule has 7 nitrogen and oxygen atoms in total. The number of imidazole rings is 1. The predicted molar refractivity (Wildman–Crippen MR) is 111 cm³/mol. The van der Waals surface area contributed by atoms with Crippen molar-refractivity contribution in [2.45, 2.75) is 49.4 Å². The molecule has 0 aliphatic rings. The van der Waals surface area contributed by atoms with E-state index in [0.29, 0.717) is 18.5 Å². The van der Waals surface area contributed by atoms with Crippen molar-refractivity contribution in [2.24, 2.45) is 0 Å². The van der Waals surface area contributed by atoms with Crippen LogP contribution in [0.5, 0.6) is 5.75 Å². The number of nitrogens with two attached hydrogens (primary N) is 1. The number of fused-ring (bicyclic) bond motifs is 1. The van der Waals surface area contributed by atoms with Crippen molar-refractivity contribution in [3.8, 4) is 5.75 Å². The summed E-state index contributed by atoms with van der Waals surface area (Å²) in [5, 5.41) is 0.720. The molecule has 0 aliphatic heterocycles. The number of ether oxygens (including phenoxy) is 2. The van der Waals surface area contributed by atoms with Gasteiger partial charge in [0.05, 0.1) is 31.4 Å². The van der Waals surface area contributed by atoms with Crippen LogP contribution in [0.2, 0.25) is 0 Å². The first-order valence-corrected chi connectivity index (χ1v) is 10.3. The van der Waals surface area contributed by atoms with Crippen molar-refractivity contribution in [3.63, 3.8) is 0 Å². The number of nitrogens with zero attached hydrogens (tertiary/aromatic N) is 4. The van der Waals surface area contributed by atoms with Gasteiger partial charge in [-0.3, -0.25) is 0 Å². The van der Waals surface area contributed by atoms with Gasteiger partial charge in [-0.25, -0.2) is 9.97 Å². The zero-order valence-corrected chi connectivity index (χ0v) is 17.6. The maximum atomic E-state index is 5.96. The van der Waals surface area contributed by atoms with E-state index in [4.69, 9.17) is 15.2 Å². The lowest BCUT2D eigenvalue weighted by molar-refractivity contribution is 0.0912. The molecule has 2 aromatic heterocycles. The Kier molecular flexibility index (Phi) is 6.52. The van der Waals surface area contributed by atoms with Crippen molar-refractivity contribution in [3.05, 3.63) is 30.6 Å². The van der Waals surface area contributed by atoms with Gasteiger partial charge in [0.1, 0.15) is 16.3 Å². The molecule has 0 saturated heterocycles. The van der Waals surface area contributed by atoms with Crippen LogP contribution in [0, 0.1) is 0 Å². The summed E-state index contributed by atoms with van der Waals surface area (Å²) in [6, 6.07) is 7.90. The number of aromatic nitrogens is 4. The number of rotatable bonds is 8. The van der Waals surface area contributed by atoms with Crippen LogP contribution in [0.3, 0.4) is 0 Å². The highest BCUT2D eigenvalue weighted by molar-refractivity contribution is 7.99. The molecule has 2 unspecified atom stereocenters. The highest BCUT2D eigenvalue weighted by Gasteiger charge is 2.15. The van der Waals surface area contributed by atoms with E-state index >= 15 is 0 Å². The molecule has 0 spiro atoms. The molecular weight excluding hydrogens is 381 g/mol. The van der Waals surface area contributed by atoms with Crippen LogP contribution in [0.1, 0.15) is 20.8 Å². The molecule has 27 heavy (non-hydrogen) atoms. The first-order chi connectivity index (χ1) is 13.0. The second kappa shape index (κ2) is 8.87. The molecule has 2 heterocycles. The Morgan fingerprint density at radius 1 is 1.26 bits per heavy atom. The van der Waals surface area contributed by atoms with Crippen LogP contribution >= 0.6 is 21.0 Å². The van der Waals surface area contributed by atoms with Gasteiger partial charge in [-0.15, -0.1) is 9.24 Å². The number of anilines is 1. The topological polar surface area (TPSA) is 88.1 Å². The van der Waals surface area contributed by atoms with E-state index in [-0.39, 0.29) is 18.2 Å². The Balaban J connectivity index is 1.90. The van der Waals surface area contributed by atoms with E-state index in [1.165, 1.54) is 11.8 Å². The number of hydrogen-bond donors (Lipinski definition) is 1. The molecule has 2 atom stereocenters. The quantitative estimate of drug-likeness (QED) is 0.453. The Morgan fingerprint density at radius 3 is 2.81 bits per heavy atom. The zero-order chi connectivity index (χ0) is 19.4. The monoisotopic (exact) mass is 405 g/mol. The summed E-state index contributed by atoms with van der Waals surface area (Å²) in [4.78, 5) is 14.3. The molecule has 3 aromatic rings. The molecule has 0 fully saturated rings. The highest BCUT2D eigenvalue weighted by Crippen LogP contribution is 2.33. The van der Waals surface area contributed by atoms with Crippen molar-refractivity contribution < 1.29 is 9.47 Å². The Morgan fingerprint density at radius 2 is 2.07 bits per heavy atom. The Bertz CT molecular complexity index is 918. The molecule has 2 N–H and O–H groups in total. The summed E-state index contributed by atoms with van der Waals surface area (Å²) in [6.07, 6.45) is 2.50. The summed E-state index contributed by atoms with van der Waals surface area (Å²) in [5.41, 5.74) is 7.39. The van der Waals surface area contributed by atoms with Crippen molar-refractivity contribution >= 4 is 38.1 Å². The summed E-state index contributed by atoms with van der Waals surface area (Å²) in [6.45, 7) is 6.66. The van der Waals surface area contributed by atoms with Crippen LogP contribution in [-0.4, -0.2) is 38.1 Å². The summed E-state index contributed by atoms with van der Waals surface area (Å²) in [5.74, 6) is 1.04. The molecule has 1 aromatic carbocycles. The normalized spacial score (nSPS) is 12.6. The molecule has 9 heteroatoms. The SMILES string of the molecule is CC(C)Oc1cccc(Sc2nc(N)nc3c2ncn3CC(C)OCP)c1. The van der Waals surface area contributed by atoms with E-state index in [1.807, 2.05) is 49.6 Å². The van der Waals surface area contributed by atoms with Gasteiger partial charge in [-0.2, -0.15) is 4.98 Å². The first kappa shape index (κ1) is 19.9. The smallest absolute Gasteiger partial charge is 0.223 e. The van der Waals surface area contributed by atoms with Crippen molar-refractivity contribution in [1.29, 1.82) is 0 Å². The average Bonchev–Trinajstić information content (AvgIpc) is 2.97. The molecule has 144 valence electrons. The van der Waals surface area contributed by atoms with Crippen LogP contribution in [0.15, 0.2) is 40.5 Å². The van der Waals surface area contributed by atoms with Crippen LogP contribution in [0.4, 0.5) is 5.95 Å². The molecule has 0 bridgehead atoms. The Labute approximate surface area is 165 Å². The summed E-state index contributed by atoms with van der Waals surface area (Å²) >= 11 is 1.49. The standard InChI is InChI=1S/C18H24N5O2PS/c1-11(2)25-13-5-4-6-14(7-13)27-17-15-16(21-18(19)22-17)23(9-20-15)8-12(3)24-10-26/h4-7,9,11-12H,8,10,26H2,1-3H3,(H2,19,21,22). The lowest BCUT2D eigenvalue weighted by Gasteiger charge is -2.12. The van der Waals surface area contributed by atoms with Gasteiger partial charge < -0.3 is 19.8 Å². The molecule has 3 rings (SSSR count). The van der Waals surface area contributed by atoms with Gasteiger partial charge in [0.2, 0.25) is 5.95 Å². The number of nitrogen functional groups attached to an aromatic ring is 1. The van der Waals surface area contributed by atoms with E-state index in [1.54, 1.807) is 6.33 Å². The summed E-state index contributed by atoms with van der Waals surface area (Å²) < 4.78 is 13.3. The van der Waals surface area contributed by atoms with E-state index < -0.39 is 0 Å². The number of benzene rings is 1. The second-order valence-corrected chi connectivity index (χ2v) is 7.74. The molecule has 0 radical (unpaired) electrons. The molecule has 0 amide bonds. The summed E-state index contributed by atoms with van der Waals surface area (Å²) in [7, 11) is 2.56. The lowest BCUT2D eigenvalue weighted by atomic mass is 10.3. The van der Waals surface area contributed by atoms with Crippen molar-refractivity contribution in [1.82, 2.24) is 19.5 Å². The third kappa shape index (κ3) is 5.09. The molecular formula is C18H24N5O2PS. The van der Waals surface area contributed by atoms with Gasteiger partial charge in [-0.05, 0) is 39.0 Å². The van der Waals surface area contributed by atoms with Crippen molar-refractivity contribution in [2.75, 3.05) is 12.1 Å². The van der Waals surface area contributed by atoms with Crippen LogP contribution < -0.4 is 10.5 Å². The van der Waals surface area contributed by atoms with Gasteiger partial charge >= 0.3 is 0 Å². The third-order valence-corrected chi connectivity index (χ3v) is 4.84. The second-order valence-electron chi connectivity index (χ2n) is 6.34. The minimum absolute atomic E-state index is 0.0389. The maximum absolute atomic E-state index is 5.96. The van der Waals surface area contributed by atoms with Gasteiger partial charge in [0.15, 0.2) is 5.65 Å². The van der Waals surface area contributed by atoms with Gasteiger partial charge in [-0.1, -0.05) is 17.8 Å². The fourth-order valence-electron chi connectivity index (χ4n) is 2.63. The molecule has 0 saturated carbocycles. The van der Waals surface area contributed by atoms with E-state index in [2.05, 4.69) is 24.2 Å². The fourth-order valence-corrected chi connectivity index (χ4v) is 3.88. The third-order valence-electron chi connectivity index (χ3n) is 3.68. The maximum Gasteiger partial charge on any atom is 0.223 e. The van der Waals surface area contributed by atoms with Crippen LogP contribution in [-0.2, 0) is 11.3 Å². The fraction of sp³-hybridized carbons (Fsp3) is 0.389. The van der Waals surface area contributed by atoms with Gasteiger partial charge in [0, 0.05) is 4.90 Å². The van der Waals surface area contributed by atoms with Crippen LogP contribution in [0.25, 0.3) is 11.2 Å². The lowest BCUT2D eigenvalue weighted by Crippen LogP contribution is -2.15. The average molecular weight is 405 g/mol. The van der Waals surface area contributed by atoms with E-state index in [0.717, 1.165) is 21.2 Å². The van der Waals surface area contributed by atoms with E-state index in [9.17, 15) is 0 Å². The number of hydrogen-bond acceptors (Lipinski definition) is 7. The first-order valence-electron chi connectivity index (χ1n) is 8.71. The Hall–Kier alpha value is -1.89. The minimum atomic E-state index is 0.0389. The zero-order valence-electron chi connectivity index (χ0n) is 15.6.